The van der Waals surface area contributed by atoms with Crippen molar-refractivity contribution in [2.24, 2.45) is 0 Å². The Morgan fingerprint density at radius 3 is 2.67 bits per heavy atom. The normalized spacial score (nSPS) is 26.9. The fraction of sp³-hybridized carbons (Fsp3) is 0.632. The molecule has 27 heavy (non-hydrogen) atoms. The minimum absolute atomic E-state index is 0.0974. The van der Waals surface area contributed by atoms with E-state index >= 15 is 0 Å². The summed E-state index contributed by atoms with van der Waals surface area (Å²) in [6, 6.07) is 6.70. The van der Waals surface area contributed by atoms with Crippen LogP contribution in [0.3, 0.4) is 0 Å². The zero-order chi connectivity index (χ0) is 19.3. The van der Waals surface area contributed by atoms with Crippen LogP contribution in [0.25, 0.3) is 0 Å². The number of ether oxygens (including phenoxy) is 1. The minimum Gasteiger partial charge on any atom is -0.390 e. The number of aliphatic hydroxyl groups is 2. The van der Waals surface area contributed by atoms with E-state index in [-0.39, 0.29) is 19.0 Å². The summed E-state index contributed by atoms with van der Waals surface area (Å²) in [5.41, 5.74) is -0.829. The van der Waals surface area contributed by atoms with Crippen LogP contribution in [0.2, 0.25) is 5.02 Å². The molecule has 0 saturated carbocycles. The molecule has 0 radical (unpaired) electrons. The number of benzene rings is 1. The quantitative estimate of drug-likeness (QED) is 0.595. The molecule has 1 amide bonds. The minimum atomic E-state index is -1.36. The topological polar surface area (TPSA) is 85.3 Å². The van der Waals surface area contributed by atoms with E-state index in [9.17, 15) is 15.0 Å². The Balaban J connectivity index is 1.51. The van der Waals surface area contributed by atoms with E-state index in [1.807, 2.05) is 0 Å². The van der Waals surface area contributed by atoms with Crippen molar-refractivity contribution in [1.29, 1.82) is 0 Å². The third kappa shape index (κ3) is 5.40. The second-order valence-electron chi connectivity index (χ2n) is 7.27. The lowest BCUT2D eigenvalue weighted by atomic mass is 9.89. The molecule has 2 heterocycles. The van der Waals surface area contributed by atoms with Gasteiger partial charge in [0.05, 0.1) is 25.9 Å². The van der Waals surface area contributed by atoms with Crippen LogP contribution in [0.5, 0.6) is 0 Å². The molecule has 8 heteroatoms. The first-order valence-corrected chi connectivity index (χ1v) is 9.82. The first-order valence-electron chi connectivity index (χ1n) is 9.44. The number of halogens is 1. The number of nitrogens with zero attached hydrogens (tertiary/aromatic N) is 2. The van der Waals surface area contributed by atoms with Gasteiger partial charge < -0.3 is 25.2 Å². The van der Waals surface area contributed by atoms with Gasteiger partial charge in [-0.25, -0.2) is 0 Å². The zero-order valence-electron chi connectivity index (χ0n) is 15.4. The van der Waals surface area contributed by atoms with Crippen molar-refractivity contribution in [3.63, 3.8) is 0 Å². The van der Waals surface area contributed by atoms with Crippen molar-refractivity contribution in [2.75, 3.05) is 59.0 Å². The molecule has 2 aliphatic rings. The summed E-state index contributed by atoms with van der Waals surface area (Å²) in [6.45, 7) is 5.66. The lowest BCUT2D eigenvalue weighted by molar-refractivity contribution is -0.111. The van der Waals surface area contributed by atoms with Gasteiger partial charge in [-0.3, -0.25) is 9.69 Å². The molecular weight excluding hydrogens is 370 g/mol. The van der Waals surface area contributed by atoms with Crippen LogP contribution < -0.4 is 5.32 Å². The van der Waals surface area contributed by atoms with Gasteiger partial charge in [-0.15, -0.1) is 0 Å². The van der Waals surface area contributed by atoms with Crippen LogP contribution >= 0.6 is 11.6 Å². The summed E-state index contributed by atoms with van der Waals surface area (Å²) in [7, 11) is 0. The fourth-order valence-electron chi connectivity index (χ4n) is 3.55. The summed E-state index contributed by atoms with van der Waals surface area (Å²) in [5.74, 6) is -0.162. The second-order valence-corrected chi connectivity index (χ2v) is 7.71. The Kier molecular flexibility index (Phi) is 7.08. The maximum Gasteiger partial charge on any atom is 0.253 e. The molecule has 1 aromatic carbocycles. The van der Waals surface area contributed by atoms with E-state index in [0.29, 0.717) is 30.1 Å². The Hall–Kier alpha value is -1.22. The monoisotopic (exact) mass is 397 g/mol. The number of morpholine rings is 1. The highest BCUT2D eigenvalue weighted by molar-refractivity contribution is 6.30. The molecule has 7 nitrogen and oxygen atoms in total. The van der Waals surface area contributed by atoms with Crippen LogP contribution in [0.15, 0.2) is 24.3 Å². The Morgan fingerprint density at radius 2 is 1.96 bits per heavy atom. The molecule has 3 N–H and O–H groups in total. The summed E-state index contributed by atoms with van der Waals surface area (Å²) >= 11 is 5.88. The first-order chi connectivity index (χ1) is 13.0. The number of hydrogen-bond acceptors (Lipinski definition) is 6. The van der Waals surface area contributed by atoms with Crippen molar-refractivity contribution in [3.05, 3.63) is 34.9 Å². The van der Waals surface area contributed by atoms with Crippen molar-refractivity contribution in [3.8, 4) is 0 Å². The SMILES string of the molecule is O=C(c1ccc(Cl)cc1)N1CC[C@H](O)[C@@](O)(CNCCN2CCOCC2)C1. The highest BCUT2D eigenvalue weighted by Crippen LogP contribution is 2.23. The van der Waals surface area contributed by atoms with Gasteiger partial charge >= 0.3 is 0 Å². The number of carbonyl (C=O) groups is 1. The van der Waals surface area contributed by atoms with Gasteiger partial charge in [-0.2, -0.15) is 0 Å². The molecule has 2 saturated heterocycles. The van der Waals surface area contributed by atoms with E-state index < -0.39 is 11.7 Å². The summed E-state index contributed by atoms with van der Waals surface area (Å²) in [5, 5.41) is 25.0. The molecular formula is C19H28ClN3O4. The Morgan fingerprint density at radius 1 is 1.26 bits per heavy atom. The summed E-state index contributed by atoms with van der Waals surface area (Å²) in [6.07, 6.45) is -0.510. The van der Waals surface area contributed by atoms with Crippen LogP contribution in [0.4, 0.5) is 0 Å². The second kappa shape index (κ2) is 9.32. The van der Waals surface area contributed by atoms with Crippen molar-refractivity contribution < 1.29 is 19.7 Å². The van der Waals surface area contributed by atoms with E-state index in [4.69, 9.17) is 16.3 Å². The molecule has 2 aliphatic heterocycles. The summed E-state index contributed by atoms with van der Waals surface area (Å²) < 4.78 is 5.33. The predicted octanol–water partition coefficient (Wildman–Crippen LogP) is 0.200. The zero-order valence-corrected chi connectivity index (χ0v) is 16.2. The van der Waals surface area contributed by atoms with Crippen LogP contribution in [-0.2, 0) is 4.74 Å². The fourth-order valence-corrected chi connectivity index (χ4v) is 3.68. The molecule has 2 atom stereocenters. The first kappa shape index (κ1) is 20.5. The lowest BCUT2D eigenvalue weighted by Crippen LogP contribution is -2.62. The maximum absolute atomic E-state index is 12.7. The van der Waals surface area contributed by atoms with Crippen LogP contribution in [0, 0.1) is 0 Å². The van der Waals surface area contributed by atoms with E-state index in [1.54, 1.807) is 29.2 Å². The van der Waals surface area contributed by atoms with Crippen molar-refractivity contribution >= 4 is 17.5 Å². The molecule has 150 valence electrons. The van der Waals surface area contributed by atoms with Gasteiger partial charge in [0.1, 0.15) is 5.60 Å². The van der Waals surface area contributed by atoms with E-state index in [1.165, 1.54) is 0 Å². The van der Waals surface area contributed by atoms with E-state index in [2.05, 4.69) is 10.2 Å². The number of likely N-dealkylation sites (tertiary alicyclic amines) is 1. The van der Waals surface area contributed by atoms with Gasteiger partial charge in [-0.1, -0.05) is 11.6 Å². The third-order valence-corrected chi connectivity index (χ3v) is 5.53. The van der Waals surface area contributed by atoms with Crippen LogP contribution in [0.1, 0.15) is 16.8 Å². The molecule has 3 rings (SSSR count). The van der Waals surface area contributed by atoms with Gasteiger partial charge in [0.2, 0.25) is 0 Å². The van der Waals surface area contributed by atoms with Crippen molar-refractivity contribution in [1.82, 2.24) is 15.1 Å². The average Bonchev–Trinajstić information content (AvgIpc) is 2.68. The number of amides is 1. The summed E-state index contributed by atoms with van der Waals surface area (Å²) in [4.78, 5) is 16.6. The number of rotatable bonds is 6. The highest BCUT2D eigenvalue weighted by Gasteiger charge is 2.42. The Bertz CT molecular complexity index is 624. The molecule has 1 aromatic rings. The predicted molar refractivity (Wildman–Crippen MR) is 103 cm³/mol. The molecule has 0 aliphatic carbocycles. The van der Waals surface area contributed by atoms with Gasteiger partial charge in [0, 0.05) is 49.9 Å². The molecule has 0 spiro atoms. The van der Waals surface area contributed by atoms with Gasteiger partial charge in [0.15, 0.2) is 0 Å². The lowest BCUT2D eigenvalue weighted by Gasteiger charge is -2.43. The third-order valence-electron chi connectivity index (χ3n) is 5.28. The molecule has 0 aromatic heterocycles. The number of nitrogens with one attached hydrogen (secondary N) is 1. The number of carbonyl (C=O) groups excluding carboxylic acids is 1. The largest absolute Gasteiger partial charge is 0.390 e. The van der Waals surface area contributed by atoms with Gasteiger partial charge in [0.25, 0.3) is 5.91 Å². The van der Waals surface area contributed by atoms with Crippen LogP contribution in [-0.4, -0.2) is 96.7 Å². The van der Waals surface area contributed by atoms with Gasteiger partial charge in [-0.05, 0) is 30.7 Å². The maximum atomic E-state index is 12.7. The molecule has 0 bridgehead atoms. The Labute approximate surface area is 164 Å². The van der Waals surface area contributed by atoms with Crippen molar-refractivity contribution in [2.45, 2.75) is 18.1 Å². The number of aliphatic hydroxyl groups excluding tert-OH is 1. The standard InChI is InChI=1S/C19H28ClN3O4/c20-16-3-1-15(2-4-16)18(25)23-7-5-17(24)19(26,14-23)13-21-6-8-22-9-11-27-12-10-22/h1-4,17,21,24,26H,5-14H2/t17-,19+/m0/s1. The highest BCUT2D eigenvalue weighted by atomic mass is 35.5. The average molecular weight is 398 g/mol. The molecule has 0 unspecified atom stereocenters. The molecule has 2 fully saturated rings. The smallest absolute Gasteiger partial charge is 0.253 e. The number of hydrogen-bond donors (Lipinski definition) is 3. The van der Waals surface area contributed by atoms with E-state index in [0.717, 1.165) is 32.8 Å². The number of piperidine rings is 1. The number of β-amino-alcohol motifs (C(OH)–C–C–N with tert-alkyl or cyclic N) is 1.